The van der Waals surface area contributed by atoms with Crippen molar-refractivity contribution in [3.8, 4) is 11.8 Å². The van der Waals surface area contributed by atoms with E-state index in [0.717, 1.165) is 24.3 Å². The van der Waals surface area contributed by atoms with Crippen LogP contribution < -0.4 is 10.1 Å². The summed E-state index contributed by atoms with van der Waals surface area (Å²) < 4.78 is 41.5. The minimum atomic E-state index is -4.85. The molecule has 1 heterocycles. The lowest BCUT2D eigenvalue weighted by atomic mass is 10.0. The van der Waals surface area contributed by atoms with Gasteiger partial charge < -0.3 is 10.1 Å². The fourth-order valence-corrected chi connectivity index (χ4v) is 4.20. The van der Waals surface area contributed by atoms with Gasteiger partial charge in [0.1, 0.15) is 22.3 Å². The molecule has 1 atom stereocenters. The van der Waals surface area contributed by atoms with E-state index in [9.17, 15) is 23.2 Å². The Hall–Kier alpha value is -2.07. The molecule has 0 saturated heterocycles. The predicted octanol–water partition coefficient (Wildman–Crippen LogP) is 5.87. The third kappa shape index (κ3) is 5.28. The quantitative estimate of drug-likeness (QED) is 0.286. The maximum absolute atomic E-state index is 12.5. The van der Waals surface area contributed by atoms with Gasteiger partial charge in [0, 0.05) is 5.56 Å². The Morgan fingerprint density at radius 3 is 2.31 bits per heavy atom. The lowest BCUT2D eigenvalue weighted by Gasteiger charge is -2.22. The highest BCUT2D eigenvalue weighted by atomic mass is 79.9. The first kappa shape index (κ1) is 24.6. The molecule has 0 saturated carbocycles. The number of fused-ring (bicyclic) bond motifs is 1. The van der Waals surface area contributed by atoms with Crippen molar-refractivity contribution in [3.63, 3.8) is 0 Å². The third-order valence-corrected chi connectivity index (χ3v) is 7.09. The van der Waals surface area contributed by atoms with Crippen LogP contribution in [0, 0.1) is 11.3 Å². The molecule has 3 rings (SSSR count). The molecule has 0 fully saturated rings. The zero-order chi connectivity index (χ0) is 23.8. The molecule has 2 aromatic carbocycles. The van der Waals surface area contributed by atoms with Gasteiger partial charge in [0.2, 0.25) is 0 Å². The summed E-state index contributed by atoms with van der Waals surface area (Å²) in [5.41, 5.74) is -0.759. The number of halogens is 7. The van der Waals surface area contributed by atoms with E-state index in [2.05, 4.69) is 52.1 Å². The zero-order valence-electron chi connectivity index (χ0n) is 15.8. The monoisotopic (exact) mass is 613 g/mol. The van der Waals surface area contributed by atoms with Crippen LogP contribution in [0.2, 0.25) is 10.0 Å². The summed E-state index contributed by atoms with van der Waals surface area (Å²) in [6.45, 7) is 1.29. The summed E-state index contributed by atoms with van der Waals surface area (Å²) in [6.07, 6.45) is -4.85. The second kappa shape index (κ2) is 9.05. The van der Waals surface area contributed by atoms with Gasteiger partial charge in [-0.3, -0.25) is 4.79 Å². The highest BCUT2D eigenvalue weighted by molar-refractivity contribution is 9.11. The van der Waals surface area contributed by atoms with Gasteiger partial charge in [-0.2, -0.15) is 20.3 Å². The molecule has 14 heteroatoms. The van der Waals surface area contributed by atoms with Crippen molar-refractivity contribution in [2.75, 3.05) is 0 Å². The zero-order valence-corrected chi connectivity index (χ0v) is 20.5. The summed E-state index contributed by atoms with van der Waals surface area (Å²) >= 11 is 19.0. The summed E-state index contributed by atoms with van der Waals surface area (Å²) in [5.74, 6) is -1.16. The number of nitrogens with zero attached hydrogens (tertiary/aromatic N) is 4. The molecule has 0 aliphatic heterocycles. The van der Waals surface area contributed by atoms with Gasteiger partial charge in [0.05, 0.1) is 31.6 Å². The standard InChI is InChI=1S/C18H10Br2Cl2F3N5O2/c1-17(6-26,27-16(31)8-2-4-9(5-3-8)32-18(23,24)25)7-30-28-14-11(20)12(21)10(19)13(22)15(14)29-30/h2-5H,7H2,1H3,(H,27,31). The number of carbonyl (C=O) groups excluding carboxylic acids is 1. The molecular formula is C18H10Br2Cl2F3N5O2. The Labute approximate surface area is 205 Å². The van der Waals surface area contributed by atoms with E-state index in [4.69, 9.17) is 23.2 Å². The highest BCUT2D eigenvalue weighted by Crippen LogP contribution is 2.41. The molecule has 1 aromatic heterocycles. The second-order valence-corrected chi connectivity index (χ2v) is 9.00. The molecule has 0 bridgehead atoms. The molecule has 1 amide bonds. The molecule has 0 spiro atoms. The molecule has 32 heavy (non-hydrogen) atoms. The summed E-state index contributed by atoms with van der Waals surface area (Å²) in [6, 6.07) is 6.26. The molecular weight excluding hydrogens is 606 g/mol. The molecule has 7 nitrogen and oxygen atoms in total. The Morgan fingerprint density at radius 2 is 1.75 bits per heavy atom. The normalized spacial score (nSPS) is 13.5. The van der Waals surface area contributed by atoms with E-state index in [-0.39, 0.29) is 17.1 Å². The lowest BCUT2D eigenvalue weighted by molar-refractivity contribution is -0.274. The number of ether oxygens (including phenoxy) is 1. The fourth-order valence-electron chi connectivity index (χ4n) is 2.63. The van der Waals surface area contributed by atoms with E-state index in [1.807, 2.05) is 6.07 Å². The first-order valence-electron chi connectivity index (χ1n) is 8.50. The van der Waals surface area contributed by atoms with E-state index in [1.54, 1.807) is 0 Å². The minimum Gasteiger partial charge on any atom is -0.406 e. The number of nitriles is 1. The number of amides is 1. The van der Waals surface area contributed by atoms with E-state index in [1.165, 1.54) is 11.7 Å². The number of nitrogens with one attached hydrogen (secondary N) is 1. The van der Waals surface area contributed by atoms with Crippen LogP contribution in [-0.4, -0.2) is 32.8 Å². The van der Waals surface area contributed by atoms with Crippen LogP contribution in [0.3, 0.4) is 0 Å². The number of carbonyl (C=O) groups is 1. The summed E-state index contributed by atoms with van der Waals surface area (Å²) in [5, 5.41) is 21.2. The van der Waals surface area contributed by atoms with Gasteiger partial charge in [-0.25, -0.2) is 0 Å². The maximum atomic E-state index is 12.5. The maximum Gasteiger partial charge on any atom is 0.573 e. The van der Waals surface area contributed by atoms with Gasteiger partial charge >= 0.3 is 6.36 Å². The summed E-state index contributed by atoms with van der Waals surface area (Å²) in [4.78, 5) is 13.7. The topological polar surface area (TPSA) is 92.8 Å². The number of aromatic nitrogens is 3. The van der Waals surface area contributed by atoms with Crippen molar-refractivity contribution in [2.24, 2.45) is 0 Å². The second-order valence-electron chi connectivity index (χ2n) is 6.65. The first-order valence-corrected chi connectivity index (χ1v) is 10.8. The van der Waals surface area contributed by atoms with Crippen molar-refractivity contribution < 1.29 is 22.7 Å². The van der Waals surface area contributed by atoms with Crippen molar-refractivity contribution in [3.05, 3.63) is 48.8 Å². The third-order valence-electron chi connectivity index (χ3n) is 4.09. The smallest absolute Gasteiger partial charge is 0.406 e. The van der Waals surface area contributed by atoms with Gasteiger partial charge in [-0.15, -0.1) is 13.2 Å². The molecule has 3 aromatic rings. The molecule has 168 valence electrons. The minimum absolute atomic E-state index is 0.0288. The van der Waals surface area contributed by atoms with Gasteiger partial charge in [-0.05, 0) is 63.0 Å². The SMILES string of the molecule is CC(C#N)(Cn1nc2c(Cl)c(Br)c(Cl)c(Br)c2n1)NC(=O)c1ccc(OC(F)(F)F)cc1. The Bertz CT molecular complexity index is 1200. The van der Waals surface area contributed by atoms with Crippen molar-refractivity contribution in [2.45, 2.75) is 25.4 Å². The van der Waals surface area contributed by atoms with E-state index in [0.29, 0.717) is 25.0 Å². The molecule has 0 aliphatic carbocycles. The first-order chi connectivity index (χ1) is 14.8. The van der Waals surface area contributed by atoms with Crippen LogP contribution in [-0.2, 0) is 6.54 Å². The van der Waals surface area contributed by atoms with Crippen LogP contribution in [0.15, 0.2) is 33.2 Å². The number of rotatable bonds is 5. The Morgan fingerprint density at radius 1 is 1.16 bits per heavy atom. The summed E-state index contributed by atoms with van der Waals surface area (Å²) in [7, 11) is 0. The van der Waals surface area contributed by atoms with Gasteiger partial charge in [0.15, 0.2) is 0 Å². The fraction of sp³-hybridized carbons (Fsp3) is 0.222. The average Bonchev–Trinajstić information content (AvgIpc) is 3.13. The van der Waals surface area contributed by atoms with Gasteiger partial charge in [0.25, 0.3) is 5.91 Å². The Balaban J connectivity index is 1.82. The number of alkyl halides is 3. The van der Waals surface area contributed by atoms with Crippen molar-refractivity contribution in [1.82, 2.24) is 20.3 Å². The van der Waals surface area contributed by atoms with Crippen molar-refractivity contribution >= 4 is 72.0 Å². The molecule has 0 aliphatic rings. The predicted molar refractivity (Wildman–Crippen MR) is 118 cm³/mol. The van der Waals surface area contributed by atoms with Crippen LogP contribution in [0.4, 0.5) is 13.2 Å². The average molecular weight is 616 g/mol. The van der Waals surface area contributed by atoms with Gasteiger partial charge in [-0.1, -0.05) is 23.2 Å². The molecule has 0 radical (unpaired) electrons. The number of benzene rings is 2. The molecule has 1 N–H and O–H groups in total. The van der Waals surface area contributed by atoms with Crippen LogP contribution in [0.1, 0.15) is 17.3 Å². The Kier molecular flexibility index (Phi) is 6.95. The van der Waals surface area contributed by atoms with Crippen molar-refractivity contribution in [1.29, 1.82) is 5.26 Å². The van der Waals surface area contributed by atoms with Crippen LogP contribution in [0.5, 0.6) is 5.75 Å². The lowest BCUT2D eigenvalue weighted by Crippen LogP contribution is -2.48. The van der Waals surface area contributed by atoms with E-state index >= 15 is 0 Å². The van der Waals surface area contributed by atoms with Crippen LogP contribution in [0.25, 0.3) is 11.0 Å². The number of hydrogen-bond donors (Lipinski definition) is 1. The van der Waals surface area contributed by atoms with E-state index < -0.39 is 23.6 Å². The number of hydrogen-bond acceptors (Lipinski definition) is 5. The highest BCUT2D eigenvalue weighted by Gasteiger charge is 2.32. The molecule has 1 unspecified atom stereocenters. The van der Waals surface area contributed by atoms with Crippen LogP contribution >= 0.6 is 55.1 Å². The largest absolute Gasteiger partial charge is 0.573 e.